The van der Waals surface area contributed by atoms with E-state index in [-0.39, 0.29) is 0 Å². The second-order valence-electron chi connectivity index (χ2n) is 4.12. The maximum atomic E-state index is 5.06. The highest BCUT2D eigenvalue weighted by Gasteiger charge is 2.07. The van der Waals surface area contributed by atoms with Crippen LogP contribution in [0.3, 0.4) is 0 Å². The van der Waals surface area contributed by atoms with Gasteiger partial charge in [-0.3, -0.25) is 0 Å². The zero-order valence-corrected chi connectivity index (χ0v) is 10.4. The van der Waals surface area contributed by atoms with E-state index in [1.54, 1.807) is 7.11 Å². The van der Waals surface area contributed by atoms with Crippen molar-refractivity contribution in [1.29, 1.82) is 0 Å². The Morgan fingerprint density at radius 2 is 2.00 bits per heavy atom. The molecule has 1 aromatic carbocycles. The predicted molar refractivity (Wildman–Crippen MR) is 68.7 cm³/mol. The molecule has 0 spiro atoms. The van der Waals surface area contributed by atoms with Gasteiger partial charge in [-0.2, -0.15) is 0 Å². The molecule has 1 N–H and O–H groups in total. The molecule has 1 unspecified atom stereocenters. The number of hydrogen-bond donors (Lipinski definition) is 1. The van der Waals surface area contributed by atoms with Gasteiger partial charge < -0.3 is 10.1 Å². The molecular weight excluding hydrogens is 198 g/mol. The molecule has 1 atom stereocenters. The van der Waals surface area contributed by atoms with Crippen LogP contribution in [-0.2, 0) is 11.2 Å². The van der Waals surface area contributed by atoms with E-state index in [4.69, 9.17) is 4.74 Å². The number of hydrogen-bond acceptors (Lipinski definition) is 2. The second-order valence-corrected chi connectivity index (χ2v) is 4.12. The largest absolute Gasteiger partial charge is 0.383 e. The summed E-state index contributed by atoms with van der Waals surface area (Å²) in [5, 5.41) is 3.55. The molecule has 0 aliphatic heterocycles. The maximum absolute atomic E-state index is 5.06. The van der Waals surface area contributed by atoms with Crippen LogP contribution in [0.5, 0.6) is 0 Å². The van der Waals surface area contributed by atoms with Gasteiger partial charge in [-0.15, -0.1) is 0 Å². The molecule has 1 aromatic rings. The van der Waals surface area contributed by atoms with E-state index in [9.17, 15) is 0 Å². The monoisotopic (exact) mass is 221 g/mol. The highest BCUT2D eigenvalue weighted by molar-refractivity contribution is 5.15. The third-order valence-electron chi connectivity index (χ3n) is 2.70. The van der Waals surface area contributed by atoms with Crippen LogP contribution in [-0.4, -0.2) is 26.3 Å². The molecule has 0 radical (unpaired) electrons. The van der Waals surface area contributed by atoms with E-state index in [0.717, 1.165) is 19.6 Å². The van der Waals surface area contributed by atoms with Gasteiger partial charge in [-0.05, 0) is 18.4 Å². The maximum Gasteiger partial charge on any atom is 0.0587 e. The van der Waals surface area contributed by atoms with Crippen LogP contribution in [0.2, 0.25) is 0 Å². The Hall–Kier alpha value is -0.860. The van der Waals surface area contributed by atoms with Gasteiger partial charge in [0.05, 0.1) is 6.61 Å². The van der Waals surface area contributed by atoms with E-state index < -0.39 is 0 Å². The van der Waals surface area contributed by atoms with Crippen LogP contribution in [0, 0.1) is 0 Å². The number of methoxy groups -OCH3 is 1. The minimum atomic E-state index is 0.572. The summed E-state index contributed by atoms with van der Waals surface area (Å²) in [5.74, 6) is 0. The normalized spacial score (nSPS) is 12.6. The lowest BCUT2D eigenvalue weighted by Gasteiger charge is -2.18. The van der Waals surface area contributed by atoms with E-state index in [1.165, 1.54) is 18.4 Å². The van der Waals surface area contributed by atoms with Gasteiger partial charge in [0.25, 0.3) is 0 Å². The fourth-order valence-corrected chi connectivity index (χ4v) is 1.89. The van der Waals surface area contributed by atoms with Gasteiger partial charge in [-0.25, -0.2) is 0 Å². The number of nitrogens with one attached hydrogen (secondary N) is 1. The van der Waals surface area contributed by atoms with Gasteiger partial charge in [0, 0.05) is 19.7 Å². The van der Waals surface area contributed by atoms with Crippen molar-refractivity contribution in [3.8, 4) is 0 Å². The Morgan fingerprint density at radius 3 is 2.62 bits per heavy atom. The topological polar surface area (TPSA) is 21.3 Å². The smallest absolute Gasteiger partial charge is 0.0587 e. The van der Waals surface area contributed by atoms with E-state index >= 15 is 0 Å². The molecule has 0 aromatic heterocycles. The molecule has 0 saturated carbocycles. The Labute approximate surface area is 99.0 Å². The molecule has 0 aliphatic rings. The second kappa shape index (κ2) is 8.31. The minimum absolute atomic E-state index is 0.572. The fourth-order valence-electron chi connectivity index (χ4n) is 1.89. The molecular formula is C14H23NO. The molecule has 0 saturated heterocycles. The average Bonchev–Trinajstić information content (AvgIpc) is 2.31. The van der Waals surface area contributed by atoms with Gasteiger partial charge in [0.2, 0.25) is 0 Å². The van der Waals surface area contributed by atoms with Crippen molar-refractivity contribution in [2.24, 2.45) is 0 Å². The number of benzene rings is 1. The van der Waals surface area contributed by atoms with Crippen LogP contribution < -0.4 is 5.32 Å². The quantitative estimate of drug-likeness (QED) is 0.681. The first-order valence-corrected chi connectivity index (χ1v) is 6.13. The predicted octanol–water partition coefficient (Wildman–Crippen LogP) is 2.63. The third kappa shape index (κ3) is 5.29. The van der Waals surface area contributed by atoms with E-state index in [2.05, 4.69) is 42.6 Å². The molecule has 0 aliphatic carbocycles. The van der Waals surface area contributed by atoms with Crippen LogP contribution in [0.1, 0.15) is 25.3 Å². The Balaban J connectivity index is 2.38. The van der Waals surface area contributed by atoms with Gasteiger partial charge in [-0.1, -0.05) is 43.7 Å². The summed E-state index contributed by atoms with van der Waals surface area (Å²) in [7, 11) is 1.74. The van der Waals surface area contributed by atoms with E-state index in [0.29, 0.717) is 6.04 Å². The zero-order chi connectivity index (χ0) is 11.6. The van der Waals surface area contributed by atoms with Crippen molar-refractivity contribution in [2.45, 2.75) is 32.2 Å². The molecule has 0 fully saturated rings. The van der Waals surface area contributed by atoms with Crippen LogP contribution >= 0.6 is 0 Å². The lowest BCUT2D eigenvalue weighted by molar-refractivity contribution is 0.195. The molecule has 2 heteroatoms. The molecule has 16 heavy (non-hydrogen) atoms. The van der Waals surface area contributed by atoms with Gasteiger partial charge in [0.15, 0.2) is 0 Å². The van der Waals surface area contributed by atoms with Crippen molar-refractivity contribution < 1.29 is 4.74 Å². The molecule has 0 amide bonds. The highest BCUT2D eigenvalue weighted by atomic mass is 16.5. The van der Waals surface area contributed by atoms with Crippen LogP contribution in [0.4, 0.5) is 0 Å². The van der Waals surface area contributed by atoms with Gasteiger partial charge >= 0.3 is 0 Å². The van der Waals surface area contributed by atoms with Crippen molar-refractivity contribution in [3.63, 3.8) is 0 Å². The minimum Gasteiger partial charge on any atom is -0.383 e. The molecule has 0 bridgehead atoms. The Kier molecular flexibility index (Phi) is 6.86. The Bertz CT molecular complexity index is 261. The molecule has 2 nitrogen and oxygen atoms in total. The first-order chi connectivity index (χ1) is 7.86. The van der Waals surface area contributed by atoms with Crippen molar-refractivity contribution in [1.82, 2.24) is 5.32 Å². The fraction of sp³-hybridized carbons (Fsp3) is 0.571. The first kappa shape index (κ1) is 13.2. The van der Waals surface area contributed by atoms with Crippen molar-refractivity contribution >= 4 is 0 Å². The first-order valence-electron chi connectivity index (χ1n) is 6.13. The summed E-state index contributed by atoms with van der Waals surface area (Å²) in [5.41, 5.74) is 1.41. The summed E-state index contributed by atoms with van der Waals surface area (Å²) < 4.78 is 5.06. The molecule has 1 rings (SSSR count). The molecule has 0 heterocycles. The lowest BCUT2D eigenvalue weighted by Crippen LogP contribution is -2.33. The summed E-state index contributed by atoms with van der Waals surface area (Å²) in [4.78, 5) is 0. The summed E-state index contributed by atoms with van der Waals surface area (Å²) in [6.07, 6.45) is 3.55. The number of ether oxygens (including phenoxy) is 1. The number of rotatable bonds is 8. The lowest BCUT2D eigenvalue weighted by atomic mass is 10.0. The van der Waals surface area contributed by atoms with Crippen LogP contribution in [0.25, 0.3) is 0 Å². The van der Waals surface area contributed by atoms with E-state index in [1.807, 2.05) is 0 Å². The Morgan fingerprint density at radius 1 is 1.25 bits per heavy atom. The summed E-state index contributed by atoms with van der Waals surface area (Å²) in [6, 6.07) is 11.2. The molecule has 90 valence electrons. The average molecular weight is 221 g/mol. The zero-order valence-electron chi connectivity index (χ0n) is 10.4. The SMILES string of the molecule is CCCC(Cc1ccccc1)NCCOC. The van der Waals surface area contributed by atoms with Crippen molar-refractivity contribution in [3.05, 3.63) is 35.9 Å². The van der Waals surface area contributed by atoms with Crippen LogP contribution in [0.15, 0.2) is 30.3 Å². The van der Waals surface area contributed by atoms with Gasteiger partial charge in [0.1, 0.15) is 0 Å². The summed E-state index contributed by atoms with van der Waals surface area (Å²) >= 11 is 0. The third-order valence-corrected chi connectivity index (χ3v) is 2.70. The van der Waals surface area contributed by atoms with Crippen molar-refractivity contribution in [2.75, 3.05) is 20.3 Å². The standard InChI is InChI=1S/C14H23NO/c1-3-7-14(15-10-11-16-2)12-13-8-5-4-6-9-13/h4-6,8-9,14-15H,3,7,10-12H2,1-2H3. The highest BCUT2D eigenvalue weighted by Crippen LogP contribution is 2.07. The summed E-state index contributed by atoms with van der Waals surface area (Å²) in [6.45, 7) is 3.96.